The number of rotatable bonds is 6. The molecule has 1 amide bonds. The van der Waals surface area contributed by atoms with Crippen LogP contribution in [0.5, 0.6) is 0 Å². The molecule has 0 bridgehead atoms. The molecule has 1 saturated carbocycles. The second kappa shape index (κ2) is 8.05. The summed E-state index contributed by atoms with van der Waals surface area (Å²) in [6.45, 7) is -0.403. The number of amides is 1. The minimum absolute atomic E-state index is 0.0636. The highest BCUT2D eigenvalue weighted by atomic mass is 35.5. The lowest BCUT2D eigenvalue weighted by atomic mass is 10.2. The molecule has 1 aliphatic rings. The van der Waals surface area contributed by atoms with Gasteiger partial charge in [0.25, 0.3) is 0 Å². The molecule has 0 atom stereocenters. The largest absolute Gasteiger partial charge is 0.465 e. The average molecular weight is 389 g/mol. The van der Waals surface area contributed by atoms with Crippen molar-refractivity contribution in [3.63, 3.8) is 0 Å². The molecule has 1 aliphatic carbocycles. The summed E-state index contributed by atoms with van der Waals surface area (Å²) in [5.41, 5.74) is 0.209. The molecule has 7 nitrogen and oxygen atoms in total. The van der Waals surface area contributed by atoms with Crippen molar-refractivity contribution in [2.75, 3.05) is 24.2 Å². The van der Waals surface area contributed by atoms with E-state index in [1.807, 2.05) is 0 Å². The van der Waals surface area contributed by atoms with Gasteiger partial charge >= 0.3 is 5.97 Å². The Hall–Kier alpha value is -1.80. The van der Waals surface area contributed by atoms with Gasteiger partial charge in [-0.05, 0) is 31.0 Å². The van der Waals surface area contributed by atoms with Crippen molar-refractivity contribution in [2.45, 2.75) is 31.7 Å². The van der Waals surface area contributed by atoms with E-state index < -0.39 is 28.4 Å². The first-order chi connectivity index (χ1) is 11.7. The summed E-state index contributed by atoms with van der Waals surface area (Å²) >= 11 is 6.11. The molecule has 0 heterocycles. The first-order valence-corrected chi connectivity index (χ1v) is 10.1. The van der Waals surface area contributed by atoms with Crippen molar-refractivity contribution in [1.29, 1.82) is 0 Å². The summed E-state index contributed by atoms with van der Waals surface area (Å²) in [4.78, 5) is 24.0. The third kappa shape index (κ3) is 5.09. The monoisotopic (exact) mass is 388 g/mol. The number of carbonyl (C=O) groups excluding carboxylic acids is 2. The number of ether oxygens (including phenoxy) is 1. The van der Waals surface area contributed by atoms with Crippen LogP contribution in [0.25, 0.3) is 0 Å². The normalized spacial score (nSPS) is 15.0. The average Bonchev–Trinajstić information content (AvgIpc) is 3.04. The van der Waals surface area contributed by atoms with Gasteiger partial charge in [0.1, 0.15) is 6.54 Å². The second-order valence-corrected chi connectivity index (χ2v) is 8.29. The van der Waals surface area contributed by atoms with E-state index in [0.717, 1.165) is 36.2 Å². The number of halogens is 1. The van der Waals surface area contributed by atoms with Gasteiger partial charge in [0.15, 0.2) is 0 Å². The predicted octanol–water partition coefficient (Wildman–Crippen LogP) is 1.95. The van der Waals surface area contributed by atoms with Crippen molar-refractivity contribution < 1.29 is 22.7 Å². The highest BCUT2D eigenvalue weighted by Crippen LogP contribution is 2.29. The SMILES string of the molecule is COC(=O)c1ccc(Cl)c(N(CC(=O)NC2CCCC2)S(C)(=O)=O)c1. The van der Waals surface area contributed by atoms with Crippen molar-refractivity contribution in [3.8, 4) is 0 Å². The second-order valence-electron chi connectivity index (χ2n) is 5.98. The summed E-state index contributed by atoms with van der Waals surface area (Å²) in [6, 6.07) is 4.20. The van der Waals surface area contributed by atoms with Gasteiger partial charge in [-0.2, -0.15) is 0 Å². The Morgan fingerprint density at radius 3 is 2.52 bits per heavy atom. The fourth-order valence-electron chi connectivity index (χ4n) is 2.80. The van der Waals surface area contributed by atoms with Gasteiger partial charge < -0.3 is 10.1 Å². The number of nitrogens with one attached hydrogen (secondary N) is 1. The van der Waals surface area contributed by atoms with Crippen LogP contribution in [-0.2, 0) is 19.6 Å². The van der Waals surface area contributed by atoms with E-state index in [0.29, 0.717) is 0 Å². The minimum atomic E-state index is -3.78. The standard InChI is InChI=1S/C16H21ClN2O5S/c1-24-16(21)11-7-8-13(17)14(9-11)19(25(2,22)23)10-15(20)18-12-5-3-4-6-12/h7-9,12H,3-6,10H2,1-2H3,(H,18,20). The number of carbonyl (C=O) groups is 2. The van der Waals surface area contributed by atoms with E-state index in [1.54, 1.807) is 0 Å². The zero-order valence-corrected chi connectivity index (χ0v) is 15.7. The molecular formula is C16H21ClN2O5S. The number of hydrogen-bond donors (Lipinski definition) is 1. The van der Waals surface area contributed by atoms with Crippen LogP contribution in [0.4, 0.5) is 5.69 Å². The third-order valence-corrected chi connectivity index (χ3v) is 5.49. The predicted molar refractivity (Wildman–Crippen MR) is 95.4 cm³/mol. The summed E-state index contributed by atoms with van der Waals surface area (Å²) in [7, 11) is -2.56. The van der Waals surface area contributed by atoms with Gasteiger partial charge in [0, 0.05) is 6.04 Å². The number of benzene rings is 1. The molecule has 0 spiro atoms. The van der Waals surface area contributed by atoms with Crippen LogP contribution in [0.1, 0.15) is 36.0 Å². The number of methoxy groups -OCH3 is 1. The number of hydrogen-bond acceptors (Lipinski definition) is 5. The summed E-state index contributed by atoms with van der Waals surface area (Å²) in [5.74, 6) is -1.03. The molecule has 138 valence electrons. The van der Waals surface area contributed by atoms with Crippen molar-refractivity contribution in [3.05, 3.63) is 28.8 Å². The van der Waals surface area contributed by atoms with E-state index in [9.17, 15) is 18.0 Å². The van der Waals surface area contributed by atoms with Gasteiger partial charge in [-0.15, -0.1) is 0 Å². The zero-order chi connectivity index (χ0) is 18.6. The first-order valence-electron chi connectivity index (χ1n) is 7.87. The fourth-order valence-corrected chi connectivity index (χ4v) is 3.93. The van der Waals surface area contributed by atoms with Crippen molar-refractivity contribution in [2.24, 2.45) is 0 Å². The van der Waals surface area contributed by atoms with Crippen LogP contribution >= 0.6 is 11.6 Å². The van der Waals surface area contributed by atoms with Crippen LogP contribution in [0, 0.1) is 0 Å². The lowest BCUT2D eigenvalue weighted by Gasteiger charge is -2.24. The van der Waals surface area contributed by atoms with Gasteiger partial charge in [0.2, 0.25) is 15.9 Å². The maximum absolute atomic E-state index is 12.3. The van der Waals surface area contributed by atoms with E-state index in [-0.39, 0.29) is 22.3 Å². The zero-order valence-electron chi connectivity index (χ0n) is 14.1. The highest BCUT2D eigenvalue weighted by molar-refractivity contribution is 7.92. The van der Waals surface area contributed by atoms with Crippen LogP contribution in [0.15, 0.2) is 18.2 Å². The summed E-state index contributed by atoms with van der Waals surface area (Å²) < 4.78 is 29.9. The molecule has 25 heavy (non-hydrogen) atoms. The summed E-state index contributed by atoms with van der Waals surface area (Å²) in [5, 5.41) is 2.96. The minimum Gasteiger partial charge on any atom is -0.465 e. The number of nitrogens with zero attached hydrogens (tertiary/aromatic N) is 1. The maximum Gasteiger partial charge on any atom is 0.337 e. The highest BCUT2D eigenvalue weighted by Gasteiger charge is 2.26. The Bertz CT molecular complexity index is 760. The Kier molecular flexibility index (Phi) is 6.29. The Labute approximate surface area is 152 Å². The molecular weight excluding hydrogens is 368 g/mol. The van der Waals surface area contributed by atoms with E-state index in [1.165, 1.54) is 25.3 Å². The molecule has 0 aromatic heterocycles. The van der Waals surface area contributed by atoms with E-state index in [2.05, 4.69) is 10.1 Å². The van der Waals surface area contributed by atoms with E-state index >= 15 is 0 Å². The molecule has 0 saturated heterocycles. The Morgan fingerprint density at radius 1 is 1.32 bits per heavy atom. The van der Waals surface area contributed by atoms with Gasteiger partial charge in [-0.3, -0.25) is 9.10 Å². The van der Waals surface area contributed by atoms with Crippen LogP contribution < -0.4 is 9.62 Å². The fraction of sp³-hybridized carbons (Fsp3) is 0.500. The Morgan fingerprint density at radius 2 is 1.96 bits per heavy atom. The van der Waals surface area contributed by atoms with Gasteiger partial charge in [0.05, 0.1) is 29.6 Å². The topological polar surface area (TPSA) is 92.8 Å². The number of sulfonamides is 1. The lowest BCUT2D eigenvalue weighted by Crippen LogP contribution is -2.43. The molecule has 1 aromatic carbocycles. The van der Waals surface area contributed by atoms with Gasteiger partial charge in [-0.25, -0.2) is 13.2 Å². The van der Waals surface area contributed by atoms with Gasteiger partial charge in [-0.1, -0.05) is 24.4 Å². The number of esters is 1. The molecule has 0 unspecified atom stereocenters. The van der Waals surface area contributed by atoms with Crippen LogP contribution in [-0.4, -0.2) is 46.2 Å². The molecule has 0 aliphatic heterocycles. The lowest BCUT2D eigenvalue weighted by molar-refractivity contribution is -0.120. The van der Waals surface area contributed by atoms with Crippen LogP contribution in [0.2, 0.25) is 5.02 Å². The molecule has 1 fully saturated rings. The summed E-state index contributed by atoms with van der Waals surface area (Å²) in [6.07, 6.45) is 4.87. The quantitative estimate of drug-likeness (QED) is 0.752. The molecule has 2 rings (SSSR count). The molecule has 1 N–H and O–H groups in total. The first kappa shape index (κ1) is 19.5. The van der Waals surface area contributed by atoms with Crippen molar-refractivity contribution >= 4 is 39.2 Å². The molecule has 9 heteroatoms. The Balaban J connectivity index is 2.28. The van der Waals surface area contributed by atoms with Crippen LogP contribution in [0.3, 0.4) is 0 Å². The third-order valence-electron chi connectivity index (χ3n) is 4.04. The van der Waals surface area contributed by atoms with Crippen molar-refractivity contribution in [1.82, 2.24) is 5.32 Å². The molecule has 0 radical (unpaired) electrons. The smallest absolute Gasteiger partial charge is 0.337 e. The maximum atomic E-state index is 12.3. The molecule has 1 aromatic rings. The number of anilines is 1. The van der Waals surface area contributed by atoms with E-state index in [4.69, 9.17) is 11.6 Å².